The molecule has 1 amide bonds. The van der Waals surface area contributed by atoms with Crippen molar-refractivity contribution >= 4 is 5.91 Å². The van der Waals surface area contributed by atoms with E-state index in [1.807, 2.05) is 0 Å². The van der Waals surface area contributed by atoms with Crippen molar-refractivity contribution in [2.24, 2.45) is 0 Å². The number of carbonyl (C=O) groups is 1. The molecule has 0 saturated carbocycles. The maximum Gasteiger partial charge on any atom is 0.220 e. The van der Waals surface area contributed by atoms with E-state index in [2.05, 4.69) is 56.7 Å². The van der Waals surface area contributed by atoms with Crippen LogP contribution in [-0.4, -0.2) is 37.6 Å². The van der Waals surface area contributed by atoms with Crippen LogP contribution in [0, 0.1) is 0 Å². The lowest BCUT2D eigenvalue weighted by Crippen LogP contribution is -3.00. The minimum Gasteiger partial charge on any atom is -1.00 e. The minimum absolute atomic E-state index is 0. The Morgan fingerprint density at radius 1 is 0.857 bits per heavy atom. The van der Waals surface area contributed by atoms with Gasteiger partial charge in [-0.15, -0.1) is 0 Å². The predicted octanol–water partition coefficient (Wildman–Crippen LogP) is 2.69. The summed E-state index contributed by atoms with van der Waals surface area (Å²) in [7, 11) is 4.45. The Labute approximate surface area is 180 Å². The number of amides is 1. The Hall–Kier alpha value is -1.06. The second-order valence-corrected chi connectivity index (χ2v) is 8.58. The van der Waals surface area contributed by atoms with Crippen LogP contribution >= 0.6 is 0 Å². The van der Waals surface area contributed by atoms with Crippen molar-refractivity contribution in [1.82, 2.24) is 5.32 Å². The van der Waals surface area contributed by atoms with Gasteiger partial charge in [-0.25, -0.2) is 0 Å². The first-order chi connectivity index (χ1) is 13.0. The lowest BCUT2D eigenvalue weighted by molar-refractivity contribution is -0.902. The molecule has 0 atom stereocenters. The standard InChI is InChI=1S/C24H42N2O.ClH/c1-4-5-6-7-8-9-10-11-12-16-19-24(27)25-20-21-26(2,3)22-23-17-14-13-15-18-23;/h13-15,17-18H,4-12,16,19-22H2,1-3H3;1H. The summed E-state index contributed by atoms with van der Waals surface area (Å²) in [6.45, 7) is 4.98. The molecule has 0 aliphatic carbocycles. The van der Waals surface area contributed by atoms with Crippen LogP contribution in [0.1, 0.15) is 83.1 Å². The monoisotopic (exact) mass is 410 g/mol. The van der Waals surface area contributed by atoms with Crippen LogP contribution in [0.5, 0.6) is 0 Å². The summed E-state index contributed by atoms with van der Waals surface area (Å²) in [6, 6.07) is 10.6. The summed E-state index contributed by atoms with van der Waals surface area (Å²) < 4.78 is 0.891. The van der Waals surface area contributed by atoms with Crippen LogP contribution in [0.2, 0.25) is 0 Å². The van der Waals surface area contributed by atoms with Gasteiger partial charge in [0.1, 0.15) is 6.54 Å². The molecule has 0 aromatic heterocycles. The topological polar surface area (TPSA) is 29.1 Å². The number of likely N-dealkylation sites (N-methyl/N-ethyl adjacent to an activating group) is 1. The Balaban J connectivity index is 0.00000729. The number of quaternary nitrogens is 1. The van der Waals surface area contributed by atoms with Crippen molar-refractivity contribution in [3.63, 3.8) is 0 Å². The quantitative estimate of drug-likeness (QED) is 0.329. The fourth-order valence-electron chi connectivity index (χ4n) is 3.52. The number of unbranched alkanes of at least 4 members (excludes halogenated alkanes) is 9. The molecule has 0 spiro atoms. The lowest BCUT2D eigenvalue weighted by atomic mass is 10.1. The van der Waals surface area contributed by atoms with Crippen molar-refractivity contribution < 1.29 is 21.7 Å². The summed E-state index contributed by atoms with van der Waals surface area (Å²) in [5, 5.41) is 3.10. The van der Waals surface area contributed by atoms with Gasteiger partial charge in [0.2, 0.25) is 5.91 Å². The lowest BCUT2D eigenvalue weighted by Gasteiger charge is -2.30. The molecule has 1 aromatic rings. The molecule has 4 heteroatoms. The first-order valence-corrected chi connectivity index (χ1v) is 11.2. The molecule has 0 unspecified atom stereocenters. The maximum atomic E-state index is 12.0. The van der Waals surface area contributed by atoms with Gasteiger partial charge < -0.3 is 22.2 Å². The third kappa shape index (κ3) is 14.9. The van der Waals surface area contributed by atoms with Gasteiger partial charge in [-0.1, -0.05) is 95.0 Å². The number of carbonyl (C=O) groups excluding carboxylic acids is 1. The smallest absolute Gasteiger partial charge is 0.220 e. The molecule has 1 aromatic carbocycles. The number of nitrogens with zero attached hydrogens (tertiary/aromatic N) is 1. The number of halogens is 1. The Kier molecular flexibility index (Phi) is 16.2. The highest BCUT2D eigenvalue weighted by molar-refractivity contribution is 5.75. The number of hydrogen-bond donors (Lipinski definition) is 1. The van der Waals surface area contributed by atoms with E-state index in [1.165, 1.54) is 63.4 Å². The van der Waals surface area contributed by atoms with Gasteiger partial charge in [0.05, 0.1) is 27.2 Å². The highest BCUT2D eigenvalue weighted by Gasteiger charge is 2.15. The number of benzene rings is 1. The van der Waals surface area contributed by atoms with Gasteiger partial charge in [-0.2, -0.15) is 0 Å². The van der Waals surface area contributed by atoms with Gasteiger partial charge in [-0.3, -0.25) is 4.79 Å². The van der Waals surface area contributed by atoms with Crippen molar-refractivity contribution in [2.75, 3.05) is 27.2 Å². The molecule has 0 bridgehead atoms. The van der Waals surface area contributed by atoms with Gasteiger partial charge in [0.25, 0.3) is 0 Å². The number of rotatable bonds is 16. The van der Waals surface area contributed by atoms with E-state index in [-0.39, 0.29) is 18.3 Å². The normalized spacial score (nSPS) is 11.1. The van der Waals surface area contributed by atoms with Crippen LogP contribution in [0.25, 0.3) is 0 Å². The zero-order valence-corrected chi connectivity index (χ0v) is 19.3. The van der Waals surface area contributed by atoms with Crippen molar-refractivity contribution in [1.29, 1.82) is 0 Å². The van der Waals surface area contributed by atoms with Gasteiger partial charge >= 0.3 is 0 Å². The third-order valence-electron chi connectivity index (χ3n) is 5.25. The molecule has 1 rings (SSSR count). The number of hydrogen-bond acceptors (Lipinski definition) is 1. The maximum absolute atomic E-state index is 12.0. The largest absolute Gasteiger partial charge is 1.00 e. The molecular formula is C24H43ClN2O. The summed E-state index contributed by atoms with van der Waals surface area (Å²) >= 11 is 0. The van der Waals surface area contributed by atoms with Crippen molar-refractivity contribution in [3.8, 4) is 0 Å². The first-order valence-electron chi connectivity index (χ1n) is 11.2. The van der Waals surface area contributed by atoms with Gasteiger partial charge in [0.15, 0.2) is 0 Å². The van der Waals surface area contributed by atoms with E-state index in [0.29, 0.717) is 6.42 Å². The minimum atomic E-state index is 0. The fourth-order valence-corrected chi connectivity index (χ4v) is 3.52. The zero-order valence-electron chi connectivity index (χ0n) is 18.5. The molecule has 0 aliphatic heterocycles. The van der Waals surface area contributed by atoms with E-state index >= 15 is 0 Å². The van der Waals surface area contributed by atoms with Crippen LogP contribution in [0.15, 0.2) is 30.3 Å². The first kappa shape index (κ1) is 26.9. The Bertz CT molecular complexity index is 491. The van der Waals surface area contributed by atoms with Crippen LogP contribution < -0.4 is 17.7 Å². The SMILES string of the molecule is CCCCCCCCCCCCC(=O)NCC[N+](C)(C)Cc1ccccc1.[Cl-]. The van der Waals surface area contributed by atoms with Gasteiger partial charge in [0, 0.05) is 12.0 Å². The van der Waals surface area contributed by atoms with Crippen LogP contribution in [0.3, 0.4) is 0 Å². The summed E-state index contributed by atoms with van der Waals surface area (Å²) in [6.07, 6.45) is 13.8. The highest BCUT2D eigenvalue weighted by Crippen LogP contribution is 2.11. The van der Waals surface area contributed by atoms with E-state index in [0.717, 1.165) is 30.5 Å². The molecule has 3 nitrogen and oxygen atoms in total. The Morgan fingerprint density at radius 3 is 1.96 bits per heavy atom. The summed E-state index contributed by atoms with van der Waals surface area (Å²) in [4.78, 5) is 12.0. The van der Waals surface area contributed by atoms with Crippen molar-refractivity contribution in [3.05, 3.63) is 35.9 Å². The van der Waals surface area contributed by atoms with Gasteiger partial charge in [-0.05, 0) is 6.42 Å². The molecule has 0 saturated heterocycles. The second kappa shape index (κ2) is 16.9. The molecule has 28 heavy (non-hydrogen) atoms. The number of nitrogens with one attached hydrogen (secondary N) is 1. The molecule has 0 aliphatic rings. The van der Waals surface area contributed by atoms with E-state index in [1.54, 1.807) is 0 Å². The average molecular weight is 411 g/mol. The molecule has 0 fully saturated rings. The molecular weight excluding hydrogens is 368 g/mol. The molecule has 0 heterocycles. The average Bonchev–Trinajstić information content (AvgIpc) is 2.63. The highest BCUT2D eigenvalue weighted by atomic mass is 35.5. The predicted molar refractivity (Wildman–Crippen MR) is 117 cm³/mol. The van der Waals surface area contributed by atoms with E-state index < -0.39 is 0 Å². The molecule has 1 N–H and O–H groups in total. The summed E-state index contributed by atoms with van der Waals surface area (Å²) in [5.74, 6) is 0.217. The molecule has 0 radical (unpaired) electrons. The van der Waals surface area contributed by atoms with Crippen LogP contribution in [0.4, 0.5) is 0 Å². The summed E-state index contributed by atoms with van der Waals surface area (Å²) in [5.41, 5.74) is 1.35. The van der Waals surface area contributed by atoms with Crippen molar-refractivity contribution in [2.45, 2.75) is 84.1 Å². The van der Waals surface area contributed by atoms with Crippen LogP contribution in [-0.2, 0) is 11.3 Å². The third-order valence-corrected chi connectivity index (χ3v) is 5.25. The van der Waals surface area contributed by atoms with E-state index in [4.69, 9.17) is 0 Å². The van der Waals surface area contributed by atoms with E-state index in [9.17, 15) is 4.79 Å². The fraction of sp³-hybridized carbons (Fsp3) is 0.708. The zero-order chi connectivity index (χ0) is 19.8. The second-order valence-electron chi connectivity index (χ2n) is 8.58. The molecule has 162 valence electrons. The Morgan fingerprint density at radius 2 is 1.39 bits per heavy atom.